The summed E-state index contributed by atoms with van der Waals surface area (Å²) in [6.45, 7) is 3.16. The second-order valence-corrected chi connectivity index (χ2v) is 8.41. The van der Waals surface area contributed by atoms with Crippen LogP contribution in [0.15, 0.2) is 75.9 Å². The number of esters is 1. The van der Waals surface area contributed by atoms with Gasteiger partial charge in [0, 0.05) is 11.1 Å². The van der Waals surface area contributed by atoms with Crippen molar-refractivity contribution in [2.24, 2.45) is 0 Å². The maximum absolute atomic E-state index is 13.0. The van der Waals surface area contributed by atoms with Crippen molar-refractivity contribution in [2.45, 2.75) is 19.9 Å². The Labute approximate surface area is 206 Å². The lowest BCUT2D eigenvalue weighted by Crippen LogP contribution is -2.31. The molecular weight excluding hydrogens is 462 g/mol. The predicted octanol–water partition coefficient (Wildman–Crippen LogP) is 4.53. The summed E-state index contributed by atoms with van der Waals surface area (Å²) in [6, 6.07) is 18.9. The molecule has 1 N–H and O–H groups in total. The Kier molecular flexibility index (Phi) is 6.16. The van der Waals surface area contributed by atoms with Crippen LogP contribution in [0.1, 0.15) is 34.5 Å². The van der Waals surface area contributed by atoms with Crippen LogP contribution in [0, 0.1) is 6.92 Å². The Morgan fingerprint density at radius 3 is 2.58 bits per heavy atom. The van der Waals surface area contributed by atoms with Gasteiger partial charge in [0.05, 0.1) is 11.4 Å². The molecule has 1 unspecified atom stereocenters. The first kappa shape index (κ1) is 23.2. The van der Waals surface area contributed by atoms with Crippen molar-refractivity contribution >= 4 is 22.8 Å². The van der Waals surface area contributed by atoms with Crippen LogP contribution in [-0.2, 0) is 9.53 Å². The molecule has 1 atom stereocenters. The largest absolute Gasteiger partial charge is 0.455 e. The molecule has 0 saturated carbocycles. The van der Waals surface area contributed by atoms with Gasteiger partial charge in [-0.05, 0) is 43.7 Å². The lowest BCUT2D eigenvalue weighted by Gasteiger charge is -2.15. The molecule has 0 spiro atoms. The van der Waals surface area contributed by atoms with Gasteiger partial charge in [-0.2, -0.15) is 0 Å². The van der Waals surface area contributed by atoms with Gasteiger partial charge < -0.3 is 23.9 Å². The molecule has 0 fully saturated rings. The molecule has 1 aliphatic heterocycles. The summed E-state index contributed by atoms with van der Waals surface area (Å²) in [7, 11) is 0. The zero-order valence-corrected chi connectivity index (χ0v) is 19.7. The maximum atomic E-state index is 13.0. The van der Waals surface area contributed by atoms with Crippen molar-refractivity contribution in [3.8, 4) is 22.8 Å². The van der Waals surface area contributed by atoms with E-state index in [0.29, 0.717) is 28.4 Å². The Hall–Kier alpha value is -4.59. The van der Waals surface area contributed by atoms with Crippen molar-refractivity contribution in [2.75, 3.05) is 13.4 Å². The number of hydrogen-bond acceptors (Lipinski definition) is 7. The van der Waals surface area contributed by atoms with E-state index in [2.05, 4.69) is 5.32 Å². The van der Waals surface area contributed by atoms with Crippen molar-refractivity contribution in [1.29, 1.82) is 0 Å². The highest BCUT2D eigenvalue weighted by Gasteiger charge is 2.21. The molecule has 0 bridgehead atoms. The fraction of sp³-hybridized carbons (Fsp3) is 0.179. The molecule has 1 aliphatic rings. The number of carbonyl (C=O) groups is 2. The Balaban J connectivity index is 1.32. The van der Waals surface area contributed by atoms with Crippen molar-refractivity contribution < 1.29 is 28.2 Å². The predicted molar refractivity (Wildman–Crippen MR) is 132 cm³/mol. The molecule has 3 aromatic carbocycles. The van der Waals surface area contributed by atoms with E-state index in [1.54, 1.807) is 31.2 Å². The highest BCUT2D eigenvalue weighted by atomic mass is 16.7. The van der Waals surface area contributed by atoms with Gasteiger partial charge in [0.25, 0.3) is 5.91 Å². The third-order valence-electron chi connectivity index (χ3n) is 6.01. The Morgan fingerprint density at radius 1 is 1.00 bits per heavy atom. The summed E-state index contributed by atoms with van der Waals surface area (Å²) in [5, 5.41) is 3.06. The molecule has 1 aromatic heterocycles. The summed E-state index contributed by atoms with van der Waals surface area (Å²) in [5.41, 5.74) is 1.92. The molecule has 0 radical (unpaired) electrons. The van der Waals surface area contributed by atoms with Crippen molar-refractivity contribution in [3.63, 3.8) is 0 Å². The zero-order chi connectivity index (χ0) is 25.2. The SMILES string of the molecule is Cc1c(-c2ccccc2)oc2c(C(=O)OCC(=O)NC(C)c3ccc4c(c3)OCO4)cccc2c1=O. The zero-order valence-electron chi connectivity index (χ0n) is 19.7. The van der Waals surface area contributed by atoms with Crippen LogP contribution in [0.2, 0.25) is 0 Å². The highest BCUT2D eigenvalue weighted by molar-refractivity contribution is 6.02. The van der Waals surface area contributed by atoms with Crippen LogP contribution >= 0.6 is 0 Å². The number of amides is 1. The summed E-state index contributed by atoms with van der Waals surface area (Å²) in [6.07, 6.45) is 0. The first-order valence-electron chi connectivity index (χ1n) is 11.4. The molecule has 0 aliphatic carbocycles. The summed E-state index contributed by atoms with van der Waals surface area (Å²) < 4.78 is 22.0. The molecule has 4 aromatic rings. The highest BCUT2D eigenvalue weighted by Crippen LogP contribution is 2.34. The fourth-order valence-electron chi connectivity index (χ4n) is 4.09. The smallest absolute Gasteiger partial charge is 0.342 e. The van der Waals surface area contributed by atoms with Gasteiger partial charge in [-0.1, -0.05) is 42.5 Å². The van der Waals surface area contributed by atoms with E-state index in [4.69, 9.17) is 18.6 Å². The van der Waals surface area contributed by atoms with E-state index in [1.165, 1.54) is 6.07 Å². The van der Waals surface area contributed by atoms with E-state index < -0.39 is 18.5 Å². The summed E-state index contributed by atoms with van der Waals surface area (Å²) >= 11 is 0. The number of benzene rings is 3. The fourth-order valence-corrected chi connectivity index (χ4v) is 4.09. The van der Waals surface area contributed by atoms with Gasteiger partial charge in [0.2, 0.25) is 6.79 Å². The normalized spacial score (nSPS) is 12.8. The number of fused-ring (bicyclic) bond motifs is 2. The van der Waals surface area contributed by atoms with Gasteiger partial charge >= 0.3 is 5.97 Å². The summed E-state index contributed by atoms with van der Waals surface area (Å²) in [4.78, 5) is 38.4. The molecule has 5 rings (SSSR count). The van der Waals surface area contributed by atoms with Crippen LogP contribution in [0.3, 0.4) is 0 Å². The van der Waals surface area contributed by atoms with Crippen LogP contribution in [-0.4, -0.2) is 25.3 Å². The second kappa shape index (κ2) is 9.58. The van der Waals surface area contributed by atoms with E-state index >= 15 is 0 Å². The minimum absolute atomic E-state index is 0.0680. The molecule has 8 nitrogen and oxygen atoms in total. The average molecular weight is 485 g/mol. The van der Waals surface area contributed by atoms with Gasteiger partial charge in [0.1, 0.15) is 11.3 Å². The number of ether oxygens (including phenoxy) is 3. The molecule has 0 saturated heterocycles. The first-order valence-corrected chi connectivity index (χ1v) is 11.4. The first-order chi connectivity index (χ1) is 17.4. The minimum atomic E-state index is -0.766. The Morgan fingerprint density at radius 2 is 1.78 bits per heavy atom. The minimum Gasteiger partial charge on any atom is -0.455 e. The number of para-hydroxylation sites is 1. The summed E-state index contributed by atoms with van der Waals surface area (Å²) in [5.74, 6) is 0.401. The third-order valence-corrected chi connectivity index (χ3v) is 6.01. The van der Waals surface area contributed by atoms with Gasteiger partial charge in [-0.15, -0.1) is 0 Å². The molecule has 36 heavy (non-hydrogen) atoms. The van der Waals surface area contributed by atoms with Crippen molar-refractivity contribution in [3.05, 3.63) is 93.6 Å². The van der Waals surface area contributed by atoms with E-state index in [0.717, 1.165) is 5.56 Å². The standard InChI is InChI=1S/C28H23NO7/c1-16-25(31)20-9-6-10-21(27(20)36-26(16)18-7-4-3-5-8-18)28(32)33-14-24(30)29-17(2)19-11-12-22-23(13-19)35-15-34-22/h3-13,17H,14-15H2,1-2H3,(H,29,30). The quantitative estimate of drug-likeness (QED) is 0.400. The van der Waals surface area contributed by atoms with Gasteiger partial charge in [0.15, 0.2) is 29.1 Å². The van der Waals surface area contributed by atoms with Crippen molar-refractivity contribution in [1.82, 2.24) is 5.32 Å². The number of nitrogens with one attached hydrogen (secondary N) is 1. The topological polar surface area (TPSA) is 104 Å². The molecule has 2 heterocycles. The van der Waals surface area contributed by atoms with Crippen LogP contribution in [0.5, 0.6) is 11.5 Å². The molecular formula is C28H23NO7. The monoisotopic (exact) mass is 485 g/mol. The van der Waals surface area contributed by atoms with Gasteiger partial charge in [-0.3, -0.25) is 9.59 Å². The Bertz CT molecular complexity index is 1520. The molecule has 1 amide bonds. The second-order valence-electron chi connectivity index (χ2n) is 8.41. The van der Waals surface area contributed by atoms with E-state index in [-0.39, 0.29) is 34.8 Å². The number of rotatable bonds is 6. The van der Waals surface area contributed by atoms with E-state index in [9.17, 15) is 14.4 Å². The third kappa shape index (κ3) is 4.40. The lowest BCUT2D eigenvalue weighted by molar-refractivity contribution is -0.124. The average Bonchev–Trinajstić information content (AvgIpc) is 3.37. The maximum Gasteiger partial charge on any atom is 0.342 e. The van der Waals surface area contributed by atoms with Crippen LogP contribution in [0.25, 0.3) is 22.3 Å². The van der Waals surface area contributed by atoms with Crippen LogP contribution < -0.4 is 20.2 Å². The van der Waals surface area contributed by atoms with Gasteiger partial charge in [-0.25, -0.2) is 4.79 Å². The van der Waals surface area contributed by atoms with E-state index in [1.807, 2.05) is 43.3 Å². The lowest BCUT2D eigenvalue weighted by atomic mass is 10.0. The van der Waals surface area contributed by atoms with Crippen LogP contribution in [0.4, 0.5) is 0 Å². The molecule has 182 valence electrons. The number of hydrogen-bond donors (Lipinski definition) is 1. The number of carbonyl (C=O) groups excluding carboxylic acids is 2. The molecule has 8 heteroatoms.